The van der Waals surface area contributed by atoms with Gasteiger partial charge in [0.2, 0.25) is 0 Å². The van der Waals surface area contributed by atoms with Gasteiger partial charge in [-0.15, -0.1) is 12.4 Å². The van der Waals surface area contributed by atoms with Crippen LogP contribution in [0, 0.1) is 11.6 Å². The van der Waals surface area contributed by atoms with Crippen LogP contribution < -0.4 is 5.32 Å². The molecule has 1 aliphatic rings. The number of halogens is 3. The van der Waals surface area contributed by atoms with Gasteiger partial charge in [0.15, 0.2) is 5.78 Å². The van der Waals surface area contributed by atoms with Gasteiger partial charge >= 0.3 is 0 Å². The third-order valence-corrected chi connectivity index (χ3v) is 3.16. The van der Waals surface area contributed by atoms with Gasteiger partial charge < -0.3 is 5.32 Å². The zero-order valence-electron chi connectivity index (χ0n) is 10.7. The second-order valence-corrected chi connectivity index (χ2v) is 4.46. The number of carbonyl (C=O) groups is 1. The van der Waals surface area contributed by atoms with Crippen LogP contribution in [0.2, 0.25) is 0 Å². The van der Waals surface area contributed by atoms with Gasteiger partial charge in [-0.05, 0) is 13.0 Å². The molecule has 0 spiro atoms. The minimum absolute atomic E-state index is 0. The third-order valence-electron chi connectivity index (χ3n) is 3.16. The summed E-state index contributed by atoms with van der Waals surface area (Å²) in [4.78, 5) is 13.7. The molecule has 1 atom stereocenters. The molecule has 106 valence electrons. The summed E-state index contributed by atoms with van der Waals surface area (Å²) in [5.41, 5.74) is 0.255. The highest BCUT2D eigenvalue weighted by Gasteiger charge is 2.28. The second kappa shape index (κ2) is 6.93. The Balaban J connectivity index is 0.00000180. The molecule has 1 heterocycles. The molecule has 1 aromatic rings. The van der Waals surface area contributed by atoms with E-state index < -0.39 is 17.7 Å². The summed E-state index contributed by atoms with van der Waals surface area (Å²) in [6, 6.07) is 2.76. The summed E-state index contributed by atoms with van der Waals surface area (Å²) in [5.74, 6) is -1.41. The number of rotatable bonds is 3. The molecule has 0 aliphatic carbocycles. The zero-order valence-corrected chi connectivity index (χ0v) is 11.5. The molecule has 1 saturated heterocycles. The molecule has 0 saturated carbocycles. The Morgan fingerprint density at radius 1 is 1.32 bits per heavy atom. The van der Waals surface area contributed by atoms with Crippen molar-refractivity contribution in [2.75, 3.05) is 26.2 Å². The van der Waals surface area contributed by atoms with E-state index in [1.165, 1.54) is 19.1 Å². The lowest BCUT2D eigenvalue weighted by atomic mass is 10.0. The lowest BCUT2D eigenvalue weighted by molar-refractivity contribution is -0.122. The molecular weight excluding hydrogens is 274 g/mol. The van der Waals surface area contributed by atoms with Crippen LogP contribution >= 0.6 is 12.4 Å². The summed E-state index contributed by atoms with van der Waals surface area (Å²) in [7, 11) is 0. The minimum atomic E-state index is -0.659. The SMILES string of the molecule is CC(=O)C(c1ccc(F)cc1F)N1CCNCC1.Cl. The fourth-order valence-corrected chi connectivity index (χ4v) is 2.34. The highest BCUT2D eigenvalue weighted by Crippen LogP contribution is 2.25. The standard InChI is InChI=1S/C13H16F2N2O.ClH/c1-9(18)13(17-6-4-16-5-7-17)11-3-2-10(14)8-12(11)15;/h2-3,8,13,16H,4-7H2,1H3;1H. The molecule has 0 amide bonds. The van der Waals surface area contributed by atoms with Crippen LogP contribution in [0.4, 0.5) is 8.78 Å². The number of hydrogen-bond donors (Lipinski definition) is 1. The Labute approximate surface area is 117 Å². The quantitative estimate of drug-likeness (QED) is 0.923. The van der Waals surface area contributed by atoms with Crippen LogP contribution in [0.15, 0.2) is 18.2 Å². The number of ketones is 1. The molecule has 0 radical (unpaired) electrons. The molecule has 3 nitrogen and oxygen atoms in total. The molecule has 1 unspecified atom stereocenters. The van der Waals surface area contributed by atoms with Gasteiger partial charge in [0.1, 0.15) is 11.6 Å². The van der Waals surface area contributed by atoms with Crippen molar-refractivity contribution in [1.82, 2.24) is 10.2 Å². The fraction of sp³-hybridized carbons (Fsp3) is 0.462. The fourth-order valence-electron chi connectivity index (χ4n) is 2.34. The van der Waals surface area contributed by atoms with Crippen molar-refractivity contribution < 1.29 is 13.6 Å². The molecule has 2 rings (SSSR count). The van der Waals surface area contributed by atoms with E-state index in [-0.39, 0.29) is 23.8 Å². The second-order valence-electron chi connectivity index (χ2n) is 4.46. The summed E-state index contributed by atoms with van der Waals surface area (Å²) >= 11 is 0. The first kappa shape index (κ1) is 16.0. The van der Waals surface area contributed by atoms with Crippen molar-refractivity contribution in [2.24, 2.45) is 0 Å². The Morgan fingerprint density at radius 3 is 2.47 bits per heavy atom. The van der Waals surface area contributed by atoms with Crippen molar-refractivity contribution in [3.05, 3.63) is 35.4 Å². The van der Waals surface area contributed by atoms with Crippen molar-refractivity contribution in [3.8, 4) is 0 Å². The Morgan fingerprint density at radius 2 is 1.95 bits per heavy atom. The van der Waals surface area contributed by atoms with Gasteiger partial charge in [-0.2, -0.15) is 0 Å². The highest BCUT2D eigenvalue weighted by atomic mass is 35.5. The summed E-state index contributed by atoms with van der Waals surface area (Å²) in [5, 5.41) is 3.18. The molecule has 1 N–H and O–H groups in total. The van der Waals surface area contributed by atoms with Gasteiger partial charge in [-0.25, -0.2) is 8.78 Å². The van der Waals surface area contributed by atoms with Crippen LogP contribution in [0.1, 0.15) is 18.5 Å². The molecule has 1 aliphatic heterocycles. The highest BCUT2D eigenvalue weighted by molar-refractivity contribution is 5.85. The Kier molecular flexibility index (Phi) is 5.85. The first-order valence-corrected chi connectivity index (χ1v) is 6.00. The van der Waals surface area contributed by atoms with E-state index in [1.807, 2.05) is 4.90 Å². The van der Waals surface area contributed by atoms with E-state index in [0.29, 0.717) is 13.1 Å². The van der Waals surface area contributed by atoms with Gasteiger partial charge in [-0.1, -0.05) is 6.07 Å². The summed E-state index contributed by atoms with van der Waals surface area (Å²) < 4.78 is 26.7. The average Bonchev–Trinajstić information content (AvgIpc) is 2.33. The van der Waals surface area contributed by atoms with Crippen LogP contribution in [-0.4, -0.2) is 36.9 Å². The smallest absolute Gasteiger partial charge is 0.151 e. The maximum Gasteiger partial charge on any atom is 0.151 e. The number of nitrogens with zero attached hydrogens (tertiary/aromatic N) is 1. The molecule has 6 heteroatoms. The van der Waals surface area contributed by atoms with Gasteiger partial charge in [-0.3, -0.25) is 9.69 Å². The Bertz CT molecular complexity index is 450. The average molecular weight is 291 g/mol. The number of Topliss-reactive ketones (excluding diaryl/α,β-unsaturated/α-hetero) is 1. The van der Waals surface area contributed by atoms with E-state index in [0.717, 1.165) is 19.2 Å². The van der Waals surface area contributed by atoms with Crippen LogP contribution in [-0.2, 0) is 4.79 Å². The number of hydrogen-bond acceptors (Lipinski definition) is 3. The number of nitrogens with one attached hydrogen (secondary N) is 1. The third kappa shape index (κ3) is 3.72. The van der Waals surface area contributed by atoms with Crippen LogP contribution in [0.25, 0.3) is 0 Å². The maximum atomic E-state index is 13.8. The lowest BCUT2D eigenvalue weighted by Gasteiger charge is -2.33. The molecule has 0 aromatic heterocycles. The van der Waals surface area contributed by atoms with Crippen LogP contribution in [0.3, 0.4) is 0 Å². The monoisotopic (exact) mass is 290 g/mol. The van der Waals surface area contributed by atoms with Crippen molar-refractivity contribution in [3.63, 3.8) is 0 Å². The predicted octanol–water partition coefficient (Wildman–Crippen LogP) is 1.92. The van der Waals surface area contributed by atoms with E-state index in [2.05, 4.69) is 5.32 Å². The lowest BCUT2D eigenvalue weighted by Crippen LogP contribution is -2.47. The van der Waals surface area contributed by atoms with Crippen LogP contribution in [0.5, 0.6) is 0 Å². The van der Waals surface area contributed by atoms with E-state index in [9.17, 15) is 13.6 Å². The molecule has 1 fully saturated rings. The predicted molar refractivity (Wildman–Crippen MR) is 71.5 cm³/mol. The maximum absolute atomic E-state index is 13.8. The van der Waals surface area contributed by atoms with E-state index in [1.54, 1.807) is 0 Å². The first-order valence-electron chi connectivity index (χ1n) is 6.00. The van der Waals surface area contributed by atoms with E-state index in [4.69, 9.17) is 0 Å². The summed E-state index contributed by atoms with van der Waals surface area (Å²) in [6.45, 7) is 4.34. The largest absolute Gasteiger partial charge is 0.314 e. The molecular formula is C13H17ClF2N2O. The van der Waals surface area contributed by atoms with Gasteiger partial charge in [0.25, 0.3) is 0 Å². The number of benzene rings is 1. The Hall–Kier alpha value is -1.04. The zero-order chi connectivity index (χ0) is 13.1. The minimum Gasteiger partial charge on any atom is -0.314 e. The molecule has 19 heavy (non-hydrogen) atoms. The number of carbonyl (C=O) groups excluding carboxylic acids is 1. The molecule has 0 bridgehead atoms. The van der Waals surface area contributed by atoms with Gasteiger partial charge in [0, 0.05) is 37.8 Å². The normalized spacial score (nSPS) is 17.6. The molecule has 1 aromatic carbocycles. The first-order chi connectivity index (χ1) is 8.59. The topological polar surface area (TPSA) is 32.3 Å². The van der Waals surface area contributed by atoms with Crippen molar-refractivity contribution in [1.29, 1.82) is 0 Å². The van der Waals surface area contributed by atoms with Gasteiger partial charge in [0.05, 0.1) is 6.04 Å². The van der Waals surface area contributed by atoms with Crippen molar-refractivity contribution >= 4 is 18.2 Å². The number of piperazine rings is 1. The van der Waals surface area contributed by atoms with E-state index >= 15 is 0 Å². The van der Waals surface area contributed by atoms with Crippen molar-refractivity contribution in [2.45, 2.75) is 13.0 Å². The summed E-state index contributed by atoms with van der Waals surface area (Å²) in [6.07, 6.45) is 0.